The average molecular weight is 521 g/mol. The van der Waals surface area contributed by atoms with E-state index >= 15 is 0 Å². The molecule has 12 heteroatoms. The second kappa shape index (κ2) is 8.43. The van der Waals surface area contributed by atoms with E-state index in [1.807, 2.05) is 0 Å². The summed E-state index contributed by atoms with van der Waals surface area (Å²) in [4.78, 5) is 38.9. The lowest BCUT2D eigenvalue weighted by atomic mass is 9.38. The number of nitrogens with one attached hydrogen (secondary N) is 1. The molecule has 1 aliphatic heterocycles. The lowest BCUT2D eigenvalue weighted by Gasteiger charge is -2.68. The number of carbonyl (C=O) groups is 3. The Morgan fingerprint density at radius 2 is 1.92 bits per heavy atom. The van der Waals surface area contributed by atoms with Crippen molar-refractivity contribution in [1.29, 1.82) is 0 Å². The first-order chi connectivity index (χ1) is 16.9. The maximum Gasteiger partial charge on any atom is 0.410 e. The van der Waals surface area contributed by atoms with Crippen LogP contribution in [0.2, 0.25) is 5.02 Å². The standard InChI is InChI=1S/C24H26ClFN4O6/c1-22(2,3)36-21(33)30-7-13(8-30)19-28-29-20(35-19)18(32)23-10-24(11-23,12-23)27-17(31)9-34-14-4-5-15(25)16(26)6-14/h4-6,13H,7-12H2,1-3H3,(H,27,31). The highest BCUT2D eigenvalue weighted by atomic mass is 35.5. The van der Waals surface area contributed by atoms with Crippen molar-refractivity contribution in [3.05, 3.63) is 40.8 Å². The first-order valence-electron chi connectivity index (χ1n) is 11.6. The number of likely N-dealkylation sites (tertiary alicyclic amines) is 1. The number of ether oxygens (including phenoxy) is 2. The van der Waals surface area contributed by atoms with Crippen molar-refractivity contribution in [3.63, 3.8) is 0 Å². The summed E-state index contributed by atoms with van der Waals surface area (Å²) >= 11 is 5.64. The number of halogens is 2. The summed E-state index contributed by atoms with van der Waals surface area (Å²) < 4.78 is 29.8. The maximum absolute atomic E-state index is 13.5. The number of amides is 2. The zero-order chi connectivity index (χ0) is 25.9. The average Bonchev–Trinajstić information content (AvgIpc) is 3.17. The van der Waals surface area contributed by atoms with Gasteiger partial charge in [-0.3, -0.25) is 9.59 Å². The van der Waals surface area contributed by atoms with Gasteiger partial charge >= 0.3 is 6.09 Å². The molecule has 6 rings (SSSR count). The van der Waals surface area contributed by atoms with Gasteiger partial charge in [-0.25, -0.2) is 9.18 Å². The molecule has 10 nitrogen and oxygen atoms in total. The smallest absolute Gasteiger partial charge is 0.410 e. The minimum Gasteiger partial charge on any atom is -0.484 e. The second-order valence-corrected chi connectivity index (χ2v) is 11.3. The van der Waals surface area contributed by atoms with Crippen LogP contribution >= 0.6 is 11.6 Å². The van der Waals surface area contributed by atoms with Gasteiger partial charge in [0.2, 0.25) is 11.7 Å². The molecule has 1 saturated heterocycles. The molecule has 2 aromatic rings. The normalized spacial score (nSPS) is 24.8. The number of benzene rings is 1. The Balaban J connectivity index is 1.08. The predicted octanol–water partition coefficient (Wildman–Crippen LogP) is 3.50. The van der Waals surface area contributed by atoms with Gasteiger partial charge < -0.3 is 24.1 Å². The summed E-state index contributed by atoms with van der Waals surface area (Å²) in [5.41, 5.74) is -1.64. The lowest BCUT2D eigenvalue weighted by molar-refractivity contribution is -0.148. The molecule has 1 aromatic carbocycles. The van der Waals surface area contributed by atoms with Crippen molar-refractivity contribution in [1.82, 2.24) is 20.4 Å². The van der Waals surface area contributed by atoms with Gasteiger partial charge in [0.25, 0.3) is 11.8 Å². The molecule has 192 valence electrons. The van der Waals surface area contributed by atoms with E-state index in [2.05, 4.69) is 15.5 Å². The highest BCUT2D eigenvalue weighted by molar-refractivity contribution is 6.30. The zero-order valence-corrected chi connectivity index (χ0v) is 20.9. The van der Waals surface area contributed by atoms with Crippen LogP contribution in [0, 0.1) is 11.2 Å². The van der Waals surface area contributed by atoms with Gasteiger partial charge in [0, 0.05) is 30.1 Å². The van der Waals surface area contributed by atoms with E-state index in [-0.39, 0.29) is 40.9 Å². The monoisotopic (exact) mass is 520 g/mol. The zero-order valence-electron chi connectivity index (χ0n) is 20.1. The van der Waals surface area contributed by atoms with Crippen molar-refractivity contribution in [3.8, 4) is 5.75 Å². The van der Waals surface area contributed by atoms with E-state index < -0.39 is 28.5 Å². The molecular weight excluding hydrogens is 495 g/mol. The van der Waals surface area contributed by atoms with Crippen molar-refractivity contribution in [2.75, 3.05) is 19.7 Å². The van der Waals surface area contributed by atoms with Crippen LogP contribution < -0.4 is 10.1 Å². The van der Waals surface area contributed by atoms with Gasteiger partial charge in [0.1, 0.15) is 17.2 Å². The first-order valence-corrected chi connectivity index (χ1v) is 12.0. The van der Waals surface area contributed by atoms with E-state index in [0.717, 1.165) is 6.07 Å². The Bertz CT molecular complexity index is 1220. The maximum atomic E-state index is 13.5. The number of carbonyl (C=O) groups excluding carboxylic acids is 3. The summed E-state index contributed by atoms with van der Waals surface area (Å²) in [5, 5.41) is 10.8. The third-order valence-corrected chi connectivity index (χ3v) is 7.00. The molecule has 3 saturated carbocycles. The van der Waals surface area contributed by atoms with E-state index in [9.17, 15) is 18.8 Å². The molecule has 0 spiro atoms. The number of rotatable bonds is 7. The highest BCUT2D eigenvalue weighted by Gasteiger charge is 2.72. The Kier molecular flexibility index (Phi) is 5.73. The number of hydrogen-bond donors (Lipinski definition) is 1. The fourth-order valence-corrected chi connectivity index (χ4v) is 5.15. The number of ketones is 1. The molecule has 2 heterocycles. The SMILES string of the molecule is CC(C)(C)OC(=O)N1CC(c2nnc(C(=O)C34CC(NC(=O)COc5ccc(Cl)c(F)c5)(C3)C4)o2)C1. The molecular formula is C24H26ClFN4O6. The largest absolute Gasteiger partial charge is 0.484 e. The number of Topliss-reactive ketones (excluding diaryl/α,β-unsaturated/α-hetero) is 1. The van der Waals surface area contributed by atoms with Gasteiger partial charge in [-0.15, -0.1) is 10.2 Å². The molecule has 4 fully saturated rings. The molecule has 0 atom stereocenters. The van der Waals surface area contributed by atoms with Gasteiger partial charge in [0.15, 0.2) is 6.61 Å². The number of aromatic nitrogens is 2. The highest BCUT2D eigenvalue weighted by Crippen LogP contribution is 2.68. The summed E-state index contributed by atoms with van der Waals surface area (Å²) in [6.45, 7) is 5.89. The van der Waals surface area contributed by atoms with Crippen LogP contribution in [0.4, 0.5) is 9.18 Å². The predicted molar refractivity (Wildman–Crippen MR) is 123 cm³/mol. The lowest BCUT2D eigenvalue weighted by Crippen LogP contribution is -2.77. The van der Waals surface area contributed by atoms with Crippen LogP contribution in [-0.2, 0) is 9.53 Å². The van der Waals surface area contributed by atoms with E-state index in [0.29, 0.717) is 38.2 Å². The Hall–Kier alpha value is -3.21. The van der Waals surface area contributed by atoms with E-state index in [1.54, 1.807) is 25.7 Å². The number of nitrogens with zero attached hydrogens (tertiary/aromatic N) is 3. The van der Waals surface area contributed by atoms with Crippen LogP contribution in [0.5, 0.6) is 5.75 Å². The molecule has 36 heavy (non-hydrogen) atoms. The quantitative estimate of drug-likeness (QED) is 0.550. The Labute approximate surface area is 211 Å². The minimum atomic E-state index is -0.628. The molecule has 2 bridgehead atoms. The van der Waals surface area contributed by atoms with Crippen molar-refractivity contribution < 1.29 is 32.7 Å². The third kappa shape index (κ3) is 4.52. The second-order valence-electron chi connectivity index (χ2n) is 10.9. The summed E-state index contributed by atoms with van der Waals surface area (Å²) in [6, 6.07) is 3.94. The van der Waals surface area contributed by atoms with Crippen molar-refractivity contribution >= 4 is 29.4 Å². The summed E-state index contributed by atoms with van der Waals surface area (Å²) in [6.07, 6.45) is 1.04. The fourth-order valence-electron chi connectivity index (χ4n) is 5.04. The summed E-state index contributed by atoms with van der Waals surface area (Å²) in [5.74, 6) is -0.879. The molecule has 1 aromatic heterocycles. The van der Waals surface area contributed by atoms with Gasteiger partial charge in [-0.1, -0.05) is 11.6 Å². The van der Waals surface area contributed by atoms with Crippen molar-refractivity contribution in [2.45, 2.75) is 57.1 Å². The third-order valence-electron chi connectivity index (χ3n) is 6.69. The van der Waals surface area contributed by atoms with Crippen LogP contribution in [0.3, 0.4) is 0 Å². The van der Waals surface area contributed by atoms with Crippen LogP contribution in [0.1, 0.15) is 62.5 Å². The molecule has 1 N–H and O–H groups in total. The fraction of sp³-hybridized carbons (Fsp3) is 0.542. The molecule has 2 amide bonds. The molecule has 0 radical (unpaired) electrons. The first kappa shape index (κ1) is 24.5. The minimum absolute atomic E-state index is 0.0283. The van der Waals surface area contributed by atoms with Gasteiger partial charge in [-0.05, 0) is 52.2 Å². The Morgan fingerprint density at radius 3 is 2.56 bits per heavy atom. The van der Waals surface area contributed by atoms with Crippen LogP contribution in [-0.4, -0.2) is 63.7 Å². The van der Waals surface area contributed by atoms with Gasteiger partial charge in [-0.2, -0.15) is 0 Å². The molecule has 4 aliphatic rings. The van der Waals surface area contributed by atoms with E-state index in [1.165, 1.54) is 12.1 Å². The Morgan fingerprint density at radius 1 is 1.22 bits per heavy atom. The number of hydrogen-bond acceptors (Lipinski definition) is 8. The summed E-state index contributed by atoms with van der Waals surface area (Å²) in [7, 11) is 0. The van der Waals surface area contributed by atoms with Crippen LogP contribution in [0.25, 0.3) is 0 Å². The van der Waals surface area contributed by atoms with E-state index in [4.69, 9.17) is 25.5 Å². The van der Waals surface area contributed by atoms with Crippen LogP contribution in [0.15, 0.2) is 22.6 Å². The van der Waals surface area contributed by atoms with Crippen molar-refractivity contribution in [2.24, 2.45) is 5.41 Å². The molecule has 0 unspecified atom stereocenters. The molecule has 3 aliphatic carbocycles. The van der Waals surface area contributed by atoms with Gasteiger partial charge in [0.05, 0.1) is 10.9 Å². The topological polar surface area (TPSA) is 124 Å².